The Labute approximate surface area is 357 Å². The van der Waals surface area contributed by atoms with E-state index >= 15 is 0 Å². The van der Waals surface area contributed by atoms with E-state index in [1.165, 1.54) is 82.4 Å². The number of nitrogens with zero attached hydrogens (tertiary/aromatic N) is 2. The molecular weight excluding hydrogens is 753 g/mol. The Morgan fingerprint density at radius 1 is 0.361 bits per heavy atom. The Balaban J connectivity index is 0.920. The molecule has 12 rings (SSSR count). The molecule has 61 heavy (non-hydrogen) atoms. The van der Waals surface area contributed by atoms with Crippen LogP contribution in [0, 0.1) is 0 Å². The van der Waals surface area contributed by atoms with Crippen molar-refractivity contribution < 1.29 is 0 Å². The summed E-state index contributed by atoms with van der Waals surface area (Å²) in [5, 5.41) is 10.8. The second-order valence-electron chi connectivity index (χ2n) is 17.0. The molecule has 2 nitrogen and oxygen atoms in total. The maximum Gasteiger partial charge on any atom is 0.114 e. The molecule has 0 spiro atoms. The fourth-order valence-corrected chi connectivity index (χ4v) is 13.6. The van der Waals surface area contributed by atoms with Gasteiger partial charge in [0.2, 0.25) is 0 Å². The minimum absolute atomic E-state index is 1.12. The van der Waals surface area contributed by atoms with Gasteiger partial charge in [0.05, 0.1) is 11.0 Å². The van der Waals surface area contributed by atoms with Crippen LogP contribution in [-0.2, 0) is 0 Å². The van der Waals surface area contributed by atoms with E-state index in [0.717, 1.165) is 17.1 Å². The molecular formula is C58H42N2Si. The molecule has 0 aliphatic carbocycles. The van der Waals surface area contributed by atoms with Gasteiger partial charge in [0.15, 0.2) is 0 Å². The van der Waals surface area contributed by atoms with Crippen molar-refractivity contribution in [1.82, 2.24) is 4.57 Å². The first-order valence-electron chi connectivity index (χ1n) is 21.3. The normalized spacial score (nSPS) is 12.9. The van der Waals surface area contributed by atoms with Gasteiger partial charge in [-0.2, -0.15) is 0 Å². The van der Waals surface area contributed by atoms with Crippen LogP contribution in [0.2, 0.25) is 13.1 Å². The smallest absolute Gasteiger partial charge is 0.114 e. The molecule has 11 aromatic rings. The second-order valence-corrected chi connectivity index (χ2v) is 21.3. The zero-order chi connectivity index (χ0) is 40.7. The molecule has 1 aliphatic heterocycles. The summed E-state index contributed by atoms with van der Waals surface area (Å²) >= 11 is 0. The van der Waals surface area contributed by atoms with Crippen molar-refractivity contribution in [2.75, 3.05) is 4.90 Å². The Kier molecular flexibility index (Phi) is 8.03. The van der Waals surface area contributed by atoms with Crippen molar-refractivity contribution in [1.29, 1.82) is 0 Å². The maximum atomic E-state index is 2.52. The second kappa shape index (κ2) is 13.8. The lowest BCUT2D eigenvalue weighted by Gasteiger charge is -2.26. The number of rotatable bonds is 6. The molecule has 0 unspecified atom stereocenters. The lowest BCUT2D eigenvalue weighted by atomic mass is 9.97. The van der Waals surface area contributed by atoms with E-state index in [1.54, 1.807) is 10.4 Å². The SMILES string of the molecule is C[Si]1(C)c2ccccc2-c2ccc3cc4c5cc(-c6ccc(-c7ccc(N(c8ccccc8)c8ccc9ccccc9c8)cc7)cc6)ccc5n(-c5ccccc5)c4cc3c21. The van der Waals surface area contributed by atoms with Crippen molar-refractivity contribution >= 4 is 78.9 Å². The van der Waals surface area contributed by atoms with Gasteiger partial charge in [-0.1, -0.05) is 159 Å². The third-order valence-electron chi connectivity index (χ3n) is 13.1. The van der Waals surface area contributed by atoms with E-state index in [0.29, 0.717) is 0 Å². The molecule has 10 aromatic carbocycles. The van der Waals surface area contributed by atoms with Crippen LogP contribution < -0.4 is 15.3 Å². The molecule has 0 atom stereocenters. The van der Waals surface area contributed by atoms with E-state index in [-0.39, 0.29) is 0 Å². The standard InChI is InChI=1S/C58H42N2Si/c1-61(2)57-20-12-11-19-50(57)51-33-28-45-37-54-53-36-44(29-34-55(53)60(47-17-7-4-8-18-47)56(54)38-52(45)58(51)61)42-23-21-40(22-24-42)41-25-30-48(31-26-41)59(46-15-5-3-6-16-46)49-32-27-39-13-9-10-14-43(39)35-49/h3-38H,1-2H3. The highest BCUT2D eigenvalue weighted by Gasteiger charge is 2.38. The molecule has 288 valence electrons. The third-order valence-corrected chi connectivity index (χ3v) is 16.7. The molecule has 0 amide bonds. The largest absolute Gasteiger partial charge is 0.310 e. The van der Waals surface area contributed by atoms with E-state index in [2.05, 4.69) is 241 Å². The van der Waals surface area contributed by atoms with Gasteiger partial charge in [0.25, 0.3) is 0 Å². The fraction of sp³-hybridized carbons (Fsp3) is 0.0345. The van der Waals surface area contributed by atoms with Crippen LogP contribution in [0.1, 0.15) is 0 Å². The minimum atomic E-state index is -1.91. The van der Waals surface area contributed by atoms with Gasteiger partial charge in [-0.15, -0.1) is 0 Å². The number of hydrogen-bond donors (Lipinski definition) is 0. The zero-order valence-corrected chi connectivity index (χ0v) is 35.2. The van der Waals surface area contributed by atoms with Gasteiger partial charge in [-0.25, -0.2) is 0 Å². The molecule has 0 saturated heterocycles. The highest BCUT2D eigenvalue weighted by Crippen LogP contribution is 2.41. The number of benzene rings is 10. The van der Waals surface area contributed by atoms with Crippen LogP contribution in [-0.4, -0.2) is 12.6 Å². The molecule has 0 saturated carbocycles. The summed E-state index contributed by atoms with van der Waals surface area (Å²) in [5.41, 5.74) is 14.7. The molecule has 0 N–H and O–H groups in total. The Bertz CT molecular complexity index is 3470. The summed E-state index contributed by atoms with van der Waals surface area (Å²) < 4.78 is 2.47. The number of para-hydroxylation sites is 2. The first-order chi connectivity index (χ1) is 30.0. The quantitative estimate of drug-likeness (QED) is 0.152. The Morgan fingerprint density at radius 3 is 1.70 bits per heavy atom. The van der Waals surface area contributed by atoms with Gasteiger partial charge in [0, 0.05) is 33.5 Å². The predicted octanol–water partition coefficient (Wildman–Crippen LogP) is 14.7. The van der Waals surface area contributed by atoms with E-state index in [1.807, 2.05) is 0 Å². The van der Waals surface area contributed by atoms with Crippen LogP contribution in [0.25, 0.3) is 82.4 Å². The van der Waals surface area contributed by atoms with Crippen molar-refractivity contribution in [3.8, 4) is 39.1 Å². The third kappa shape index (κ3) is 5.69. The minimum Gasteiger partial charge on any atom is -0.310 e. The summed E-state index contributed by atoms with van der Waals surface area (Å²) in [4.78, 5) is 2.33. The molecule has 0 fully saturated rings. The van der Waals surface area contributed by atoms with Crippen LogP contribution >= 0.6 is 0 Å². The number of anilines is 3. The Hall–Kier alpha value is -7.46. The van der Waals surface area contributed by atoms with E-state index in [9.17, 15) is 0 Å². The summed E-state index contributed by atoms with van der Waals surface area (Å²) in [6, 6.07) is 80.6. The van der Waals surface area contributed by atoms with Crippen LogP contribution in [0.3, 0.4) is 0 Å². The monoisotopic (exact) mass is 794 g/mol. The van der Waals surface area contributed by atoms with Crippen LogP contribution in [0.15, 0.2) is 218 Å². The van der Waals surface area contributed by atoms with Gasteiger partial charge in [0.1, 0.15) is 8.07 Å². The average Bonchev–Trinajstić information content (AvgIpc) is 3.76. The van der Waals surface area contributed by atoms with Crippen LogP contribution in [0.4, 0.5) is 17.1 Å². The van der Waals surface area contributed by atoms with Crippen LogP contribution in [0.5, 0.6) is 0 Å². The highest BCUT2D eigenvalue weighted by molar-refractivity contribution is 7.05. The van der Waals surface area contributed by atoms with E-state index < -0.39 is 8.07 Å². The van der Waals surface area contributed by atoms with Crippen molar-refractivity contribution in [3.05, 3.63) is 218 Å². The topological polar surface area (TPSA) is 8.17 Å². The lowest BCUT2D eigenvalue weighted by molar-refractivity contribution is 1.18. The number of fused-ring (bicyclic) bond motifs is 9. The van der Waals surface area contributed by atoms with Gasteiger partial charge >= 0.3 is 0 Å². The molecule has 1 aliphatic rings. The summed E-state index contributed by atoms with van der Waals surface area (Å²) in [6.45, 7) is 5.04. The van der Waals surface area contributed by atoms with Crippen molar-refractivity contribution in [2.24, 2.45) is 0 Å². The summed E-state index contributed by atoms with van der Waals surface area (Å²) in [6.07, 6.45) is 0. The predicted molar refractivity (Wildman–Crippen MR) is 264 cm³/mol. The summed E-state index contributed by atoms with van der Waals surface area (Å²) in [5.74, 6) is 0. The average molecular weight is 795 g/mol. The highest BCUT2D eigenvalue weighted by atomic mass is 28.3. The molecule has 0 radical (unpaired) electrons. The molecule has 1 aromatic heterocycles. The first-order valence-corrected chi connectivity index (χ1v) is 24.3. The number of aromatic nitrogens is 1. The van der Waals surface area contributed by atoms with Gasteiger partial charge < -0.3 is 9.47 Å². The fourth-order valence-electron chi connectivity index (χ4n) is 10.2. The first kappa shape index (κ1) is 35.5. The van der Waals surface area contributed by atoms with Gasteiger partial charge in [-0.3, -0.25) is 0 Å². The number of hydrogen-bond acceptors (Lipinski definition) is 1. The maximum absolute atomic E-state index is 2.52. The summed E-state index contributed by atoms with van der Waals surface area (Å²) in [7, 11) is -1.91. The molecule has 2 heterocycles. The van der Waals surface area contributed by atoms with Gasteiger partial charge in [-0.05, 0) is 138 Å². The lowest BCUT2D eigenvalue weighted by Crippen LogP contribution is -2.49. The molecule has 3 heteroatoms. The Morgan fingerprint density at radius 2 is 0.934 bits per heavy atom. The molecule has 0 bridgehead atoms. The van der Waals surface area contributed by atoms with Crippen molar-refractivity contribution in [2.45, 2.75) is 13.1 Å². The van der Waals surface area contributed by atoms with Crippen molar-refractivity contribution in [3.63, 3.8) is 0 Å². The van der Waals surface area contributed by atoms with E-state index in [4.69, 9.17) is 0 Å². The zero-order valence-electron chi connectivity index (χ0n) is 34.2.